The number of nitriles is 1. The third kappa shape index (κ3) is 2.12. The number of nitrogen functional groups attached to an aromatic ring is 1. The minimum Gasteiger partial charge on any atom is -0.382 e. The van der Waals surface area contributed by atoms with Crippen LogP contribution in [0.4, 0.5) is 5.82 Å². The van der Waals surface area contributed by atoms with Crippen LogP contribution in [0.1, 0.15) is 23.5 Å². The van der Waals surface area contributed by atoms with Gasteiger partial charge >= 0.3 is 0 Å². The molecule has 2 heterocycles. The Morgan fingerprint density at radius 2 is 2.38 bits per heavy atom. The van der Waals surface area contributed by atoms with Gasteiger partial charge in [-0.25, -0.2) is 9.97 Å². The first-order valence-corrected chi connectivity index (χ1v) is 5.31. The maximum Gasteiger partial charge on any atom is 0.145 e. The van der Waals surface area contributed by atoms with Crippen LogP contribution in [0.25, 0.3) is 0 Å². The van der Waals surface area contributed by atoms with Gasteiger partial charge in [-0.2, -0.15) is 5.26 Å². The van der Waals surface area contributed by atoms with Crippen LogP contribution in [-0.4, -0.2) is 23.2 Å². The molecule has 0 aromatic carbocycles. The molecule has 0 radical (unpaired) electrons. The molecule has 0 aliphatic carbocycles. The van der Waals surface area contributed by atoms with Crippen LogP contribution in [0.2, 0.25) is 0 Å². The van der Waals surface area contributed by atoms with Gasteiger partial charge in [-0.1, -0.05) is 0 Å². The number of rotatable bonds is 2. The van der Waals surface area contributed by atoms with Gasteiger partial charge < -0.3 is 10.5 Å². The molecule has 0 bridgehead atoms. The standard InChI is InChI=1S/C11H14N4O/c1-7-9(5-12)11(13)15-10(14-7)4-8-2-3-16-6-8/h8H,2-4,6H2,1H3,(H2,13,14,15). The fourth-order valence-electron chi connectivity index (χ4n) is 1.89. The predicted octanol–water partition coefficient (Wildman–Crippen LogP) is 0.818. The summed E-state index contributed by atoms with van der Waals surface area (Å²) in [5.74, 6) is 1.47. The molecule has 2 N–H and O–H groups in total. The van der Waals surface area contributed by atoms with Gasteiger partial charge in [0.25, 0.3) is 0 Å². The van der Waals surface area contributed by atoms with Crippen LogP contribution in [0, 0.1) is 24.2 Å². The van der Waals surface area contributed by atoms with E-state index in [4.69, 9.17) is 15.7 Å². The quantitative estimate of drug-likeness (QED) is 0.794. The first-order valence-electron chi connectivity index (χ1n) is 5.31. The van der Waals surface area contributed by atoms with E-state index in [9.17, 15) is 0 Å². The normalized spacial score (nSPS) is 19.6. The molecular weight excluding hydrogens is 204 g/mol. The van der Waals surface area contributed by atoms with Gasteiger partial charge in [0.05, 0.1) is 5.69 Å². The van der Waals surface area contributed by atoms with Crippen LogP contribution in [0.3, 0.4) is 0 Å². The molecule has 0 saturated carbocycles. The largest absolute Gasteiger partial charge is 0.382 e. The lowest BCUT2D eigenvalue weighted by atomic mass is 10.0. The van der Waals surface area contributed by atoms with Gasteiger partial charge in [0, 0.05) is 19.6 Å². The number of anilines is 1. The van der Waals surface area contributed by atoms with E-state index < -0.39 is 0 Å². The number of aryl methyl sites for hydroxylation is 1. The summed E-state index contributed by atoms with van der Waals surface area (Å²) in [6.07, 6.45) is 1.82. The highest BCUT2D eigenvalue weighted by molar-refractivity contribution is 5.50. The highest BCUT2D eigenvalue weighted by atomic mass is 16.5. The van der Waals surface area contributed by atoms with Crippen molar-refractivity contribution in [2.24, 2.45) is 5.92 Å². The van der Waals surface area contributed by atoms with E-state index in [1.54, 1.807) is 6.92 Å². The first kappa shape index (κ1) is 10.8. The van der Waals surface area contributed by atoms with Crippen LogP contribution in [0.15, 0.2) is 0 Å². The van der Waals surface area contributed by atoms with Gasteiger partial charge in [0.1, 0.15) is 23.3 Å². The van der Waals surface area contributed by atoms with Crippen molar-refractivity contribution < 1.29 is 4.74 Å². The van der Waals surface area contributed by atoms with Crippen molar-refractivity contribution in [1.82, 2.24) is 9.97 Å². The Kier molecular flexibility index (Phi) is 3.02. The smallest absolute Gasteiger partial charge is 0.145 e. The molecule has 2 rings (SSSR count). The van der Waals surface area contributed by atoms with Crippen molar-refractivity contribution in [3.05, 3.63) is 17.1 Å². The number of nitrogens with two attached hydrogens (primary N) is 1. The molecule has 1 aromatic rings. The molecule has 0 spiro atoms. The first-order chi connectivity index (χ1) is 7.70. The van der Waals surface area contributed by atoms with Crippen LogP contribution in [-0.2, 0) is 11.2 Å². The van der Waals surface area contributed by atoms with E-state index in [1.807, 2.05) is 6.07 Å². The third-order valence-electron chi connectivity index (χ3n) is 2.77. The Labute approximate surface area is 94.3 Å². The topological polar surface area (TPSA) is 84.8 Å². The van der Waals surface area contributed by atoms with Gasteiger partial charge in [-0.15, -0.1) is 0 Å². The van der Waals surface area contributed by atoms with Crippen LogP contribution < -0.4 is 5.73 Å². The van der Waals surface area contributed by atoms with Gasteiger partial charge in [0.15, 0.2) is 0 Å². The van der Waals surface area contributed by atoms with Crippen molar-refractivity contribution in [2.75, 3.05) is 18.9 Å². The Morgan fingerprint density at radius 1 is 1.56 bits per heavy atom. The average molecular weight is 218 g/mol. The molecule has 5 heteroatoms. The summed E-state index contributed by atoms with van der Waals surface area (Å²) in [5.41, 5.74) is 6.74. The zero-order valence-electron chi connectivity index (χ0n) is 9.23. The maximum absolute atomic E-state index is 8.84. The number of ether oxygens (including phenoxy) is 1. The second-order valence-electron chi connectivity index (χ2n) is 4.03. The van der Waals surface area contributed by atoms with Gasteiger partial charge in [0.2, 0.25) is 0 Å². The van der Waals surface area contributed by atoms with Gasteiger partial charge in [-0.05, 0) is 19.3 Å². The van der Waals surface area contributed by atoms with Crippen molar-refractivity contribution in [1.29, 1.82) is 5.26 Å². The minimum absolute atomic E-state index is 0.281. The van der Waals surface area contributed by atoms with E-state index in [-0.39, 0.29) is 5.82 Å². The summed E-state index contributed by atoms with van der Waals surface area (Å²) in [5, 5.41) is 8.84. The molecule has 1 aromatic heterocycles. The fourth-order valence-corrected chi connectivity index (χ4v) is 1.89. The molecule has 84 valence electrons. The Hall–Kier alpha value is -1.67. The summed E-state index contributed by atoms with van der Waals surface area (Å²) in [7, 11) is 0. The number of aromatic nitrogens is 2. The number of hydrogen-bond acceptors (Lipinski definition) is 5. The van der Waals surface area contributed by atoms with Crippen molar-refractivity contribution in [3.8, 4) is 6.07 Å². The lowest BCUT2D eigenvalue weighted by Crippen LogP contribution is -2.11. The summed E-state index contributed by atoms with van der Waals surface area (Å²) < 4.78 is 5.30. The third-order valence-corrected chi connectivity index (χ3v) is 2.77. The van der Waals surface area contributed by atoms with Crippen LogP contribution >= 0.6 is 0 Å². The van der Waals surface area contributed by atoms with Crippen molar-refractivity contribution >= 4 is 5.82 Å². The second-order valence-corrected chi connectivity index (χ2v) is 4.03. The summed E-state index contributed by atoms with van der Waals surface area (Å²) in [6.45, 7) is 3.36. The highest BCUT2D eigenvalue weighted by Crippen LogP contribution is 2.18. The number of nitrogens with zero attached hydrogens (tertiary/aromatic N) is 3. The average Bonchev–Trinajstić information content (AvgIpc) is 2.70. The summed E-state index contributed by atoms with van der Waals surface area (Å²) in [6, 6.07) is 2.01. The lowest BCUT2D eigenvalue weighted by molar-refractivity contribution is 0.185. The molecule has 1 aliphatic rings. The fraction of sp³-hybridized carbons (Fsp3) is 0.545. The zero-order valence-corrected chi connectivity index (χ0v) is 9.23. The molecule has 5 nitrogen and oxygen atoms in total. The number of hydrogen-bond donors (Lipinski definition) is 1. The molecule has 1 fully saturated rings. The zero-order chi connectivity index (χ0) is 11.5. The molecular formula is C11H14N4O. The Morgan fingerprint density at radius 3 is 2.94 bits per heavy atom. The summed E-state index contributed by atoms with van der Waals surface area (Å²) >= 11 is 0. The minimum atomic E-state index is 0.281. The van der Waals surface area contributed by atoms with E-state index >= 15 is 0 Å². The van der Waals surface area contributed by atoms with Gasteiger partial charge in [-0.3, -0.25) is 0 Å². The van der Waals surface area contributed by atoms with Crippen molar-refractivity contribution in [3.63, 3.8) is 0 Å². The highest BCUT2D eigenvalue weighted by Gasteiger charge is 2.18. The van der Waals surface area contributed by atoms with E-state index in [1.165, 1.54) is 0 Å². The van der Waals surface area contributed by atoms with E-state index in [2.05, 4.69) is 9.97 Å². The molecule has 1 unspecified atom stereocenters. The molecule has 16 heavy (non-hydrogen) atoms. The second kappa shape index (κ2) is 4.45. The lowest BCUT2D eigenvalue weighted by Gasteiger charge is -2.08. The monoisotopic (exact) mass is 218 g/mol. The molecule has 1 saturated heterocycles. The predicted molar refractivity (Wildman–Crippen MR) is 58.5 cm³/mol. The van der Waals surface area contributed by atoms with E-state index in [0.717, 1.165) is 26.1 Å². The SMILES string of the molecule is Cc1nc(CC2CCOC2)nc(N)c1C#N. The molecule has 1 aliphatic heterocycles. The van der Waals surface area contributed by atoms with Crippen molar-refractivity contribution in [2.45, 2.75) is 19.8 Å². The Balaban J connectivity index is 2.19. The van der Waals surface area contributed by atoms with E-state index in [0.29, 0.717) is 23.0 Å². The van der Waals surface area contributed by atoms with Crippen LogP contribution in [0.5, 0.6) is 0 Å². The molecule has 1 atom stereocenters. The summed E-state index contributed by atoms with van der Waals surface area (Å²) in [4.78, 5) is 8.46. The Bertz CT molecular complexity index is 409. The molecule has 0 amide bonds. The maximum atomic E-state index is 8.84.